The number of imide groups is 1. The lowest BCUT2D eigenvalue weighted by molar-refractivity contribution is -0.134. The molecule has 2 atom stereocenters. The predicted molar refractivity (Wildman–Crippen MR) is 72.9 cm³/mol. The molecule has 7 nitrogen and oxygen atoms in total. The first kappa shape index (κ1) is 16.4. The van der Waals surface area contributed by atoms with Crippen LogP contribution in [0.1, 0.15) is 40.0 Å². The van der Waals surface area contributed by atoms with Crippen LogP contribution in [0.5, 0.6) is 0 Å². The van der Waals surface area contributed by atoms with Crippen LogP contribution in [0, 0.1) is 0 Å². The molecule has 0 aromatic carbocycles. The second-order valence-electron chi connectivity index (χ2n) is 5.19. The Labute approximate surface area is 118 Å². The first-order valence-electron chi connectivity index (χ1n) is 6.92. The standard InChI is InChI=1S/C13H23N3O4/c1-4-9(6-7-17)14-10(18)8-16-11(19)13(3,5-2)15-12(16)20/h9,17H,4-8H2,1-3H3,(H,14,18)(H,15,20). The van der Waals surface area contributed by atoms with Crippen molar-refractivity contribution in [3.63, 3.8) is 0 Å². The molecular formula is C13H23N3O4. The van der Waals surface area contributed by atoms with Gasteiger partial charge in [-0.25, -0.2) is 4.79 Å². The van der Waals surface area contributed by atoms with Crippen LogP contribution in [0.4, 0.5) is 4.79 Å². The summed E-state index contributed by atoms with van der Waals surface area (Å²) >= 11 is 0. The van der Waals surface area contributed by atoms with Crippen LogP contribution in [0.25, 0.3) is 0 Å². The van der Waals surface area contributed by atoms with Gasteiger partial charge in [-0.15, -0.1) is 0 Å². The second-order valence-corrected chi connectivity index (χ2v) is 5.19. The molecule has 0 aliphatic carbocycles. The third-order valence-corrected chi connectivity index (χ3v) is 3.69. The van der Waals surface area contributed by atoms with E-state index in [4.69, 9.17) is 5.11 Å². The quantitative estimate of drug-likeness (QED) is 0.573. The van der Waals surface area contributed by atoms with E-state index >= 15 is 0 Å². The van der Waals surface area contributed by atoms with Gasteiger partial charge in [0.25, 0.3) is 5.91 Å². The predicted octanol–water partition coefficient (Wildman–Crippen LogP) is -0.0159. The number of urea groups is 1. The zero-order valence-corrected chi connectivity index (χ0v) is 12.2. The fourth-order valence-electron chi connectivity index (χ4n) is 2.08. The third kappa shape index (κ3) is 3.47. The molecule has 20 heavy (non-hydrogen) atoms. The molecular weight excluding hydrogens is 262 g/mol. The Hall–Kier alpha value is -1.63. The Morgan fingerprint density at radius 3 is 2.55 bits per heavy atom. The summed E-state index contributed by atoms with van der Waals surface area (Å²) in [4.78, 5) is 36.7. The van der Waals surface area contributed by atoms with Gasteiger partial charge in [0.05, 0.1) is 0 Å². The van der Waals surface area contributed by atoms with Crippen LogP contribution < -0.4 is 10.6 Å². The van der Waals surface area contributed by atoms with Gasteiger partial charge in [-0.3, -0.25) is 14.5 Å². The van der Waals surface area contributed by atoms with E-state index in [0.717, 1.165) is 4.90 Å². The molecule has 1 saturated heterocycles. The van der Waals surface area contributed by atoms with Gasteiger partial charge in [-0.2, -0.15) is 0 Å². The first-order valence-corrected chi connectivity index (χ1v) is 6.92. The van der Waals surface area contributed by atoms with Crippen LogP contribution in [0.3, 0.4) is 0 Å². The van der Waals surface area contributed by atoms with E-state index in [1.165, 1.54) is 0 Å². The summed E-state index contributed by atoms with van der Waals surface area (Å²) in [5.74, 6) is -0.774. The number of nitrogens with one attached hydrogen (secondary N) is 2. The number of hydrogen-bond donors (Lipinski definition) is 3. The van der Waals surface area contributed by atoms with Gasteiger partial charge in [0.2, 0.25) is 5.91 Å². The van der Waals surface area contributed by atoms with Crippen molar-refractivity contribution in [3.8, 4) is 0 Å². The minimum Gasteiger partial charge on any atom is -0.396 e. The molecule has 7 heteroatoms. The van der Waals surface area contributed by atoms with E-state index in [1.54, 1.807) is 13.8 Å². The summed E-state index contributed by atoms with van der Waals surface area (Å²) in [5.41, 5.74) is -0.924. The molecule has 2 unspecified atom stereocenters. The molecule has 0 saturated carbocycles. The molecule has 0 aromatic rings. The third-order valence-electron chi connectivity index (χ3n) is 3.69. The molecule has 1 heterocycles. The Bertz CT molecular complexity index is 399. The molecule has 4 amide bonds. The summed E-state index contributed by atoms with van der Waals surface area (Å²) in [6.45, 7) is 5.03. The maximum atomic E-state index is 12.1. The number of carbonyl (C=O) groups is 3. The maximum absolute atomic E-state index is 12.1. The normalized spacial score (nSPS) is 23.7. The second kappa shape index (κ2) is 6.69. The van der Waals surface area contributed by atoms with Crippen molar-refractivity contribution in [2.75, 3.05) is 13.2 Å². The van der Waals surface area contributed by atoms with Crippen LogP contribution in [0.2, 0.25) is 0 Å². The Kier molecular flexibility index (Phi) is 5.50. The van der Waals surface area contributed by atoms with Gasteiger partial charge >= 0.3 is 6.03 Å². The van der Waals surface area contributed by atoms with Crippen LogP contribution >= 0.6 is 0 Å². The number of carbonyl (C=O) groups excluding carboxylic acids is 3. The van der Waals surface area contributed by atoms with E-state index in [9.17, 15) is 14.4 Å². The molecule has 0 spiro atoms. The van der Waals surface area contributed by atoms with Gasteiger partial charge < -0.3 is 15.7 Å². The highest BCUT2D eigenvalue weighted by molar-refractivity contribution is 6.08. The Morgan fingerprint density at radius 1 is 1.45 bits per heavy atom. The fraction of sp³-hybridized carbons (Fsp3) is 0.769. The highest BCUT2D eigenvalue weighted by Crippen LogP contribution is 2.20. The van der Waals surface area contributed by atoms with Crippen molar-refractivity contribution in [1.82, 2.24) is 15.5 Å². The number of nitrogens with zero attached hydrogens (tertiary/aromatic N) is 1. The maximum Gasteiger partial charge on any atom is 0.325 e. The van der Waals surface area contributed by atoms with Crippen molar-refractivity contribution < 1.29 is 19.5 Å². The first-order chi connectivity index (χ1) is 9.37. The van der Waals surface area contributed by atoms with Crippen molar-refractivity contribution in [1.29, 1.82) is 0 Å². The van der Waals surface area contributed by atoms with Crippen molar-refractivity contribution in [3.05, 3.63) is 0 Å². The zero-order chi connectivity index (χ0) is 15.3. The summed E-state index contributed by atoms with van der Waals surface area (Å²) in [6.07, 6.45) is 1.60. The number of rotatable bonds is 7. The van der Waals surface area contributed by atoms with Crippen LogP contribution in [0.15, 0.2) is 0 Å². The largest absolute Gasteiger partial charge is 0.396 e. The lowest BCUT2D eigenvalue weighted by Gasteiger charge is -2.20. The van der Waals surface area contributed by atoms with Crippen molar-refractivity contribution in [2.45, 2.75) is 51.6 Å². The fourth-order valence-corrected chi connectivity index (χ4v) is 2.08. The topological polar surface area (TPSA) is 98.7 Å². The number of hydrogen-bond acceptors (Lipinski definition) is 4. The van der Waals surface area contributed by atoms with Gasteiger partial charge in [0.15, 0.2) is 0 Å². The lowest BCUT2D eigenvalue weighted by atomic mass is 9.99. The van der Waals surface area contributed by atoms with E-state index in [2.05, 4.69) is 10.6 Å². The molecule has 0 radical (unpaired) electrons. The Morgan fingerprint density at radius 2 is 2.10 bits per heavy atom. The SMILES string of the molecule is CCC(CCO)NC(=O)CN1C(=O)NC(C)(CC)C1=O. The summed E-state index contributed by atoms with van der Waals surface area (Å²) in [5, 5.41) is 14.2. The molecule has 1 rings (SSSR count). The van der Waals surface area contributed by atoms with E-state index in [0.29, 0.717) is 19.3 Å². The van der Waals surface area contributed by atoms with E-state index in [-0.39, 0.29) is 25.1 Å². The molecule has 0 bridgehead atoms. The van der Waals surface area contributed by atoms with Gasteiger partial charge in [0.1, 0.15) is 12.1 Å². The average Bonchev–Trinajstić information content (AvgIpc) is 2.62. The van der Waals surface area contributed by atoms with Crippen LogP contribution in [-0.4, -0.2) is 52.6 Å². The number of aliphatic hydroxyl groups excluding tert-OH is 1. The number of amides is 4. The lowest BCUT2D eigenvalue weighted by Crippen LogP contribution is -2.46. The van der Waals surface area contributed by atoms with Gasteiger partial charge in [-0.05, 0) is 26.2 Å². The van der Waals surface area contributed by atoms with E-state index < -0.39 is 17.5 Å². The van der Waals surface area contributed by atoms with Crippen molar-refractivity contribution >= 4 is 17.8 Å². The van der Waals surface area contributed by atoms with Gasteiger partial charge in [0, 0.05) is 12.6 Å². The number of aliphatic hydroxyl groups is 1. The summed E-state index contributed by atoms with van der Waals surface area (Å²) in [7, 11) is 0. The molecule has 1 fully saturated rings. The van der Waals surface area contributed by atoms with E-state index in [1.807, 2.05) is 6.92 Å². The van der Waals surface area contributed by atoms with Crippen LogP contribution in [-0.2, 0) is 9.59 Å². The van der Waals surface area contributed by atoms with Gasteiger partial charge in [-0.1, -0.05) is 13.8 Å². The summed E-state index contributed by atoms with van der Waals surface area (Å²) < 4.78 is 0. The smallest absolute Gasteiger partial charge is 0.325 e. The Balaban J connectivity index is 2.62. The molecule has 114 valence electrons. The van der Waals surface area contributed by atoms with Crippen molar-refractivity contribution in [2.24, 2.45) is 0 Å². The minimum absolute atomic E-state index is 0.0180. The molecule has 3 N–H and O–H groups in total. The minimum atomic E-state index is -0.924. The highest BCUT2D eigenvalue weighted by atomic mass is 16.3. The average molecular weight is 285 g/mol. The monoisotopic (exact) mass is 285 g/mol. The highest BCUT2D eigenvalue weighted by Gasteiger charge is 2.46. The molecule has 0 aromatic heterocycles. The molecule has 1 aliphatic rings. The summed E-state index contributed by atoms with van der Waals surface area (Å²) in [6, 6.07) is -0.685. The zero-order valence-electron chi connectivity index (χ0n) is 12.2. The molecule has 1 aliphatic heterocycles.